The van der Waals surface area contributed by atoms with Crippen LogP contribution < -0.4 is 0 Å². The van der Waals surface area contributed by atoms with E-state index in [4.69, 9.17) is 19.4 Å². The smallest absolute Gasteiger partial charge is 0.164 e. The maximum atomic E-state index is 6.43. The number of furan rings is 1. The molecule has 45 heavy (non-hydrogen) atoms. The molecule has 0 amide bonds. The summed E-state index contributed by atoms with van der Waals surface area (Å²) in [6.07, 6.45) is 0. The van der Waals surface area contributed by atoms with Gasteiger partial charge in [0.05, 0.1) is 0 Å². The first kappa shape index (κ1) is 25.4. The van der Waals surface area contributed by atoms with E-state index in [2.05, 4.69) is 140 Å². The summed E-state index contributed by atoms with van der Waals surface area (Å²) < 4.78 is 6.43. The Balaban J connectivity index is 1.20. The lowest BCUT2D eigenvalue weighted by atomic mass is 10.0. The summed E-state index contributed by atoms with van der Waals surface area (Å²) in [7, 11) is 0. The van der Waals surface area contributed by atoms with Crippen LogP contribution in [0.25, 0.3) is 88.8 Å². The Bertz CT molecular complexity index is 2450. The van der Waals surface area contributed by atoms with Crippen molar-refractivity contribution in [2.75, 3.05) is 0 Å². The van der Waals surface area contributed by atoms with Gasteiger partial charge in [0.25, 0.3) is 0 Å². The van der Waals surface area contributed by atoms with Crippen molar-refractivity contribution in [2.24, 2.45) is 0 Å². The van der Waals surface area contributed by atoms with Gasteiger partial charge in [0.1, 0.15) is 11.2 Å². The molecule has 0 aliphatic carbocycles. The van der Waals surface area contributed by atoms with Gasteiger partial charge in [-0.1, -0.05) is 115 Å². The van der Waals surface area contributed by atoms with Crippen LogP contribution in [-0.4, -0.2) is 15.0 Å². The van der Waals surface area contributed by atoms with E-state index in [1.807, 2.05) is 12.1 Å². The highest BCUT2D eigenvalue weighted by Crippen LogP contribution is 2.35. The van der Waals surface area contributed by atoms with Crippen molar-refractivity contribution in [1.29, 1.82) is 0 Å². The van der Waals surface area contributed by atoms with Gasteiger partial charge in [0.2, 0.25) is 0 Å². The summed E-state index contributed by atoms with van der Waals surface area (Å²) in [6, 6.07) is 52.4. The predicted molar refractivity (Wildman–Crippen MR) is 184 cm³/mol. The lowest BCUT2D eigenvalue weighted by molar-refractivity contribution is 0.669. The molecule has 0 atom stereocenters. The molecule has 0 unspecified atom stereocenters. The number of fused-ring (bicyclic) bond motifs is 5. The van der Waals surface area contributed by atoms with E-state index in [0.717, 1.165) is 60.5 Å². The van der Waals surface area contributed by atoms with E-state index < -0.39 is 0 Å². The summed E-state index contributed by atoms with van der Waals surface area (Å²) >= 11 is 0. The molecule has 9 rings (SSSR count). The molecule has 7 aromatic carbocycles. The third-order valence-electron chi connectivity index (χ3n) is 8.49. The number of hydrogen-bond donors (Lipinski definition) is 0. The summed E-state index contributed by atoms with van der Waals surface area (Å²) in [5, 5.41) is 6.78. The number of rotatable bonds is 4. The van der Waals surface area contributed by atoms with E-state index in [0.29, 0.717) is 17.5 Å². The van der Waals surface area contributed by atoms with Crippen LogP contribution in [0, 0.1) is 0 Å². The van der Waals surface area contributed by atoms with Crippen molar-refractivity contribution in [2.45, 2.75) is 0 Å². The van der Waals surface area contributed by atoms with Crippen LogP contribution in [-0.2, 0) is 0 Å². The van der Waals surface area contributed by atoms with Crippen molar-refractivity contribution in [3.05, 3.63) is 152 Å². The van der Waals surface area contributed by atoms with Crippen LogP contribution in [0.1, 0.15) is 0 Å². The van der Waals surface area contributed by atoms with Gasteiger partial charge in [0.15, 0.2) is 17.5 Å². The largest absolute Gasteiger partial charge is 0.456 e. The fourth-order valence-corrected chi connectivity index (χ4v) is 6.15. The van der Waals surface area contributed by atoms with Crippen molar-refractivity contribution < 1.29 is 4.42 Å². The molecule has 9 aromatic rings. The average Bonchev–Trinajstić information content (AvgIpc) is 3.48. The Morgan fingerprint density at radius 1 is 0.311 bits per heavy atom. The van der Waals surface area contributed by atoms with Crippen molar-refractivity contribution in [1.82, 2.24) is 15.0 Å². The van der Waals surface area contributed by atoms with Crippen LogP contribution in [0.4, 0.5) is 0 Å². The standard InChI is InChI=1S/C41H25N3O/c1-2-8-26(9-3-1)31-18-20-35-36-21-19-34(25-38(36)45-37(35)24-31)41-43-39(32-16-14-27-10-4-6-12-29(27)22-32)42-40(44-41)33-17-15-28-11-5-7-13-30(28)23-33/h1-25H. The van der Waals surface area contributed by atoms with Gasteiger partial charge in [-0.15, -0.1) is 0 Å². The van der Waals surface area contributed by atoms with Crippen LogP contribution >= 0.6 is 0 Å². The SMILES string of the molecule is c1ccc(-c2ccc3c(c2)oc2cc(-c4nc(-c5ccc6ccccc6c5)nc(-c5ccc6ccccc6c5)n4)ccc23)cc1. The highest BCUT2D eigenvalue weighted by Gasteiger charge is 2.16. The molecule has 0 saturated heterocycles. The minimum absolute atomic E-state index is 0.601. The molecule has 0 aliphatic rings. The number of nitrogens with zero attached hydrogens (tertiary/aromatic N) is 3. The van der Waals surface area contributed by atoms with Crippen molar-refractivity contribution in [3.8, 4) is 45.3 Å². The maximum Gasteiger partial charge on any atom is 0.164 e. The third-order valence-corrected chi connectivity index (χ3v) is 8.49. The first-order chi connectivity index (χ1) is 22.2. The van der Waals surface area contributed by atoms with Gasteiger partial charge in [-0.2, -0.15) is 0 Å². The number of hydrogen-bond acceptors (Lipinski definition) is 4. The van der Waals surface area contributed by atoms with Gasteiger partial charge in [-0.05, 0) is 69.1 Å². The molecule has 0 radical (unpaired) electrons. The Hall–Kier alpha value is -6.13. The fraction of sp³-hybridized carbons (Fsp3) is 0. The molecule has 0 aliphatic heterocycles. The van der Waals surface area contributed by atoms with Gasteiger partial charge < -0.3 is 4.42 Å². The quantitative estimate of drug-likeness (QED) is 0.209. The van der Waals surface area contributed by atoms with Gasteiger partial charge in [0, 0.05) is 27.5 Å². The summed E-state index contributed by atoms with van der Waals surface area (Å²) in [4.78, 5) is 15.0. The lowest BCUT2D eigenvalue weighted by Gasteiger charge is -2.10. The minimum atomic E-state index is 0.601. The molecule has 2 aromatic heterocycles. The summed E-state index contributed by atoms with van der Waals surface area (Å²) in [6.45, 7) is 0. The first-order valence-electron chi connectivity index (χ1n) is 15.0. The zero-order valence-corrected chi connectivity index (χ0v) is 24.2. The molecule has 0 N–H and O–H groups in total. The van der Waals surface area contributed by atoms with Crippen LogP contribution in [0.15, 0.2) is 156 Å². The third kappa shape index (κ3) is 4.52. The average molecular weight is 576 g/mol. The van der Waals surface area contributed by atoms with Crippen molar-refractivity contribution >= 4 is 43.5 Å². The number of aromatic nitrogens is 3. The monoisotopic (exact) mass is 575 g/mol. The van der Waals surface area contributed by atoms with Crippen LogP contribution in [0.3, 0.4) is 0 Å². The van der Waals surface area contributed by atoms with E-state index in [-0.39, 0.29) is 0 Å². The highest BCUT2D eigenvalue weighted by atomic mass is 16.3. The molecule has 4 heteroatoms. The van der Waals surface area contributed by atoms with Gasteiger partial charge in [-0.25, -0.2) is 15.0 Å². The Morgan fingerprint density at radius 3 is 1.29 bits per heavy atom. The topological polar surface area (TPSA) is 51.8 Å². The van der Waals surface area contributed by atoms with Crippen LogP contribution in [0.2, 0.25) is 0 Å². The van der Waals surface area contributed by atoms with E-state index in [1.165, 1.54) is 10.8 Å². The predicted octanol–water partition coefficient (Wildman–Crippen LogP) is 10.7. The Labute approximate surface area is 259 Å². The van der Waals surface area contributed by atoms with Crippen LogP contribution in [0.5, 0.6) is 0 Å². The molecular weight excluding hydrogens is 550 g/mol. The lowest BCUT2D eigenvalue weighted by Crippen LogP contribution is -2.00. The van der Waals surface area contributed by atoms with Gasteiger partial charge >= 0.3 is 0 Å². The second kappa shape index (κ2) is 10.2. The Morgan fingerprint density at radius 2 is 0.733 bits per heavy atom. The highest BCUT2D eigenvalue weighted by molar-refractivity contribution is 6.06. The minimum Gasteiger partial charge on any atom is -0.456 e. The first-order valence-corrected chi connectivity index (χ1v) is 15.0. The molecular formula is C41H25N3O. The molecule has 210 valence electrons. The second-order valence-corrected chi connectivity index (χ2v) is 11.3. The molecule has 0 saturated carbocycles. The second-order valence-electron chi connectivity index (χ2n) is 11.3. The van der Waals surface area contributed by atoms with Gasteiger partial charge in [-0.3, -0.25) is 0 Å². The molecule has 0 spiro atoms. The molecule has 0 bridgehead atoms. The summed E-state index contributed by atoms with van der Waals surface area (Å²) in [5.74, 6) is 1.86. The Kier molecular flexibility index (Phi) is 5.78. The zero-order valence-electron chi connectivity index (χ0n) is 24.2. The molecule has 4 nitrogen and oxygen atoms in total. The normalized spacial score (nSPS) is 11.6. The molecule has 0 fully saturated rings. The van der Waals surface area contributed by atoms with E-state index >= 15 is 0 Å². The summed E-state index contributed by atoms with van der Waals surface area (Å²) in [5.41, 5.74) is 6.69. The number of benzene rings is 7. The fourth-order valence-electron chi connectivity index (χ4n) is 6.15. The van der Waals surface area contributed by atoms with Crippen molar-refractivity contribution in [3.63, 3.8) is 0 Å². The zero-order chi connectivity index (χ0) is 29.7. The molecule has 2 heterocycles. The van der Waals surface area contributed by atoms with E-state index in [9.17, 15) is 0 Å². The maximum absolute atomic E-state index is 6.43. The van der Waals surface area contributed by atoms with E-state index in [1.54, 1.807) is 0 Å².